The van der Waals surface area contributed by atoms with E-state index < -0.39 is 9.84 Å². The Balaban J connectivity index is 1.90. The van der Waals surface area contributed by atoms with Crippen molar-refractivity contribution in [2.75, 3.05) is 24.7 Å². The van der Waals surface area contributed by atoms with Crippen LogP contribution in [0.2, 0.25) is 0 Å². The summed E-state index contributed by atoms with van der Waals surface area (Å²) in [6.45, 7) is 0.301. The van der Waals surface area contributed by atoms with Crippen LogP contribution in [-0.4, -0.2) is 33.1 Å². The molecule has 7 heteroatoms. The van der Waals surface area contributed by atoms with E-state index in [0.29, 0.717) is 22.9 Å². The SMILES string of the molecule is O=S1(=O)CC#C/C=C/COc2ccccc2N=Nc2ccccc2OCC#CC1. The summed E-state index contributed by atoms with van der Waals surface area (Å²) >= 11 is 0. The Morgan fingerprint density at radius 1 is 0.793 bits per heavy atom. The molecule has 0 aliphatic carbocycles. The van der Waals surface area contributed by atoms with E-state index >= 15 is 0 Å². The summed E-state index contributed by atoms with van der Waals surface area (Å²) in [6.07, 6.45) is 3.26. The lowest BCUT2D eigenvalue weighted by Crippen LogP contribution is -2.08. The highest BCUT2D eigenvalue weighted by Gasteiger charge is 2.06. The van der Waals surface area contributed by atoms with Gasteiger partial charge in [0.15, 0.2) is 9.84 Å². The molecule has 6 nitrogen and oxygen atoms in total. The first kappa shape index (κ1) is 20.2. The number of fused-ring (bicyclic) bond motifs is 2. The molecule has 1 heterocycles. The fourth-order valence-corrected chi connectivity index (χ4v) is 2.99. The minimum absolute atomic E-state index is 0.0379. The van der Waals surface area contributed by atoms with Crippen LogP contribution in [0.3, 0.4) is 0 Å². The third-order valence-electron chi connectivity index (χ3n) is 3.64. The molecule has 0 radical (unpaired) electrons. The highest BCUT2D eigenvalue weighted by Crippen LogP contribution is 2.32. The van der Waals surface area contributed by atoms with Gasteiger partial charge in [-0.25, -0.2) is 8.42 Å². The number of hydrogen-bond acceptors (Lipinski definition) is 6. The first-order valence-corrected chi connectivity index (χ1v) is 10.6. The molecule has 0 aromatic heterocycles. The Labute approximate surface area is 170 Å². The zero-order valence-electron chi connectivity index (χ0n) is 15.5. The average Bonchev–Trinajstić information content (AvgIpc) is 2.72. The van der Waals surface area contributed by atoms with Crippen LogP contribution in [-0.2, 0) is 9.84 Å². The number of benzene rings is 2. The molecule has 0 spiro atoms. The van der Waals surface area contributed by atoms with Crippen LogP contribution in [0.15, 0.2) is 70.9 Å². The number of nitrogens with zero attached hydrogens (tertiary/aromatic N) is 2. The smallest absolute Gasteiger partial charge is 0.172 e. The molecular formula is C22H18N2O4S. The third kappa shape index (κ3) is 6.53. The van der Waals surface area contributed by atoms with Gasteiger partial charge in [0, 0.05) is 0 Å². The van der Waals surface area contributed by atoms with E-state index in [2.05, 4.69) is 33.9 Å². The Hall–Kier alpha value is -3.55. The molecule has 2 aromatic carbocycles. The van der Waals surface area contributed by atoms with Gasteiger partial charge in [-0.3, -0.25) is 0 Å². The van der Waals surface area contributed by atoms with Crippen LogP contribution in [0.4, 0.5) is 11.4 Å². The minimum Gasteiger partial charge on any atom is -0.487 e. The Bertz CT molecular complexity index is 1150. The molecule has 146 valence electrons. The van der Waals surface area contributed by atoms with Crippen LogP contribution >= 0.6 is 0 Å². The molecule has 0 N–H and O–H groups in total. The Kier molecular flexibility index (Phi) is 7.05. The quantitative estimate of drug-likeness (QED) is 0.623. The van der Waals surface area contributed by atoms with Gasteiger partial charge in [-0.15, -0.1) is 10.2 Å². The lowest BCUT2D eigenvalue weighted by molar-refractivity contribution is 0.364. The van der Waals surface area contributed by atoms with E-state index in [4.69, 9.17) is 9.47 Å². The van der Waals surface area contributed by atoms with Gasteiger partial charge in [0.2, 0.25) is 0 Å². The molecule has 0 fully saturated rings. The fourth-order valence-electron chi connectivity index (χ4n) is 2.26. The Morgan fingerprint density at radius 3 is 2.14 bits per heavy atom. The summed E-state index contributed by atoms with van der Waals surface area (Å²) < 4.78 is 35.2. The van der Waals surface area contributed by atoms with Crippen molar-refractivity contribution in [3.8, 4) is 35.2 Å². The summed E-state index contributed by atoms with van der Waals surface area (Å²) in [7, 11) is -3.37. The van der Waals surface area contributed by atoms with Crippen molar-refractivity contribution in [1.82, 2.24) is 0 Å². The first-order valence-electron chi connectivity index (χ1n) is 8.79. The number of para-hydroxylation sites is 2. The normalized spacial score (nSPS) is 17.0. The van der Waals surface area contributed by atoms with Gasteiger partial charge < -0.3 is 9.47 Å². The molecule has 3 rings (SSSR count). The van der Waals surface area contributed by atoms with Crippen LogP contribution in [0.25, 0.3) is 0 Å². The Morgan fingerprint density at radius 2 is 1.41 bits per heavy atom. The molecule has 1 aliphatic rings. The van der Waals surface area contributed by atoms with Gasteiger partial charge in [-0.05, 0) is 36.4 Å². The van der Waals surface area contributed by atoms with E-state index in [1.54, 1.807) is 36.4 Å². The summed E-state index contributed by atoms with van der Waals surface area (Å²) in [5.41, 5.74) is 1.11. The number of azo groups is 1. The maximum atomic E-state index is 11.9. The summed E-state index contributed by atoms with van der Waals surface area (Å²) in [5.74, 6) is 11.2. The molecule has 0 amide bonds. The predicted octanol–water partition coefficient (Wildman–Crippen LogP) is 3.85. The lowest BCUT2D eigenvalue weighted by atomic mass is 10.3. The molecule has 1 aliphatic heterocycles. The third-order valence-corrected chi connectivity index (χ3v) is 4.81. The van der Waals surface area contributed by atoms with Crippen molar-refractivity contribution in [2.24, 2.45) is 10.2 Å². The van der Waals surface area contributed by atoms with E-state index in [9.17, 15) is 8.42 Å². The number of rotatable bonds is 0. The predicted molar refractivity (Wildman–Crippen MR) is 111 cm³/mol. The second-order valence-corrected chi connectivity index (χ2v) is 7.91. The number of ether oxygens (including phenoxy) is 2. The van der Waals surface area contributed by atoms with Gasteiger partial charge >= 0.3 is 0 Å². The largest absolute Gasteiger partial charge is 0.487 e. The van der Waals surface area contributed by atoms with Gasteiger partial charge in [0.25, 0.3) is 0 Å². The van der Waals surface area contributed by atoms with E-state index in [1.807, 2.05) is 24.3 Å². The van der Waals surface area contributed by atoms with Crippen molar-refractivity contribution in [3.63, 3.8) is 0 Å². The van der Waals surface area contributed by atoms with Crippen LogP contribution in [0.1, 0.15) is 0 Å². The molecule has 0 saturated heterocycles. The average molecular weight is 406 g/mol. The standard InChI is InChI=1S/C22H18N2O4S/c25-29(26)17-9-2-1-7-15-27-21-13-5-3-11-19(21)23-24-20-12-4-6-14-22(20)28-16-8-10-18-29/h1,3-7,11-14H,15-18H2/b7-1+,24-23?. The van der Waals surface area contributed by atoms with Crippen molar-refractivity contribution in [1.29, 1.82) is 0 Å². The first-order chi connectivity index (χ1) is 14.1. The van der Waals surface area contributed by atoms with Gasteiger partial charge in [0.05, 0.1) is 0 Å². The lowest BCUT2D eigenvalue weighted by Gasteiger charge is -2.06. The maximum Gasteiger partial charge on any atom is 0.172 e. The van der Waals surface area contributed by atoms with E-state index in [0.717, 1.165) is 0 Å². The minimum atomic E-state index is -3.37. The van der Waals surface area contributed by atoms with Gasteiger partial charge in [-0.2, -0.15) is 0 Å². The fraction of sp³-hybridized carbons (Fsp3) is 0.182. The van der Waals surface area contributed by atoms with Crippen LogP contribution < -0.4 is 9.47 Å². The molecule has 29 heavy (non-hydrogen) atoms. The van der Waals surface area contributed by atoms with Crippen molar-refractivity contribution in [3.05, 3.63) is 60.7 Å². The topological polar surface area (TPSA) is 77.3 Å². The summed E-state index contributed by atoms with van der Waals surface area (Å²) in [4.78, 5) is 0. The number of allylic oxidation sites excluding steroid dienone is 1. The van der Waals surface area contributed by atoms with Crippen molar-refractivity contribution in [2.45, 2.75) is 0 Å². The van der Waals surface area contributed by atoms with Crippen molar-refractivity contribution < 1.29 is 17.9 Å². The highest BCUT2D eigenvalue weighted by molar-refractivity contribution is 7.91. The summed E-state index contributed by atoms with van der Waals surface area (Å²) in [6, 6.07) is 14.4. The van der Waals surface area contributed by atoms with Gasteiger partial charge in [-0.1, -0.05) is 47.9 Å². The van der Waals surface area contributed by atoms with Crippen LogP contribution in [0, 0.1) is 23.7 Å². The zero-order chi connectivity index (χ0) is 20.4. The number of hydrogen-bond donors (Lipinski definition) is 0. The second kappa shape index (κ2) is 10.1. The monoisotopic (exact) mass is 406 g/mol. The second-order valence-electron chi connectivity index (χ2n) is 5.84. The summed E-state index contributed by atoms with van der Waals surface area (Å²) in [5, 5.41) is 8.54. The van der Waals surface area contributed by atoms with E-state index in [-0.39, 0.29) is 24.7 Å². The molecule has 2 aromatic rings. The van der Waals surface area contributed by atoms with E-state index in [1.165, 1.54) is 0 Å². The zero-order valence-corrected chi connectivity index (χ0v) is 16.4. The maximum absolute atomic E-state index is 11.9. The van der Waals surface area contributed by atoms with Crippen LogP contribution in [0.5, 0.6) is 11.5 Å². The number of sulfone groups is 1. The van der Waals surface area contributed by atoms with Gasteiger partial charge in [0.1, 0.15) is 47.6 Å². The molecular weight excluding hydrogens is 388 g/mol. The molecule has 0 atom stereocenters. The molecule has 0 saturated carbocycles. The van der Waals surface area contributed by atoms with Crippen molar-refractivity contribution >= 4 is 21.2 Å². The highest BCUT2D eigenvalue weighted by atomic mass is 32.2. The molecule has 0 bridgehead atoms. The molecule has 0 unspecified atom stereocenters.